The molecule has 1 aliphatic heterocycles. The van der Waals surface area contributed by atoms with Crippen molar-refractivity contribution in [2.45, 2.75) is 19.4 Å². The number of amides is 1. The first kappa shape index (κ1) is 18.8. The summed E-state index contributed by atoms with van der Waals surface area (Å²) in [7, 11) is 0. The summed E-state index contributed by atoms with van der Waals surface area (Å²) in [6.07, 6.45) is 4.39. The molecule has 0 bridgehead atoms. The highest BCUT2D eigenvalue weighted by Crippen LogP contribution is 2.19. The summed E-state index contributed by atoms with van der Waals surface area (Å²) in [6.45, 7) is 5.85. The number of nitrogens with zero attached hydrogens (tertiary/aromatic N) is 4. The van der Waals surface area contributed by atoms with Crippen molar-refractivity contribution in [1.29, 1.82) is 0 Å². The lowest BCUT2D eigenvalue weighted by Crippen LogP contribution is -2.50. The Balaban J connectivity index is 1.48. The van der Waals surface area contributed by atoms with Crippen LogP contribution in [-0.4, -0.2) is 53.5 Å². The number of benzene rings is 1. The van der Waals surface area contributed by atoms with Gasteiger partial charge in [0.1, 0.15) is 0 Å². The van der Waals surface area contributed by atoms with Gasteiger partial charge < -0.3 is 10.2 Å². The molecule has 138 valence electrons. The van der Waals surface area contributed by atoms with Crippen molar-refractivity contribution in [2.75, 3.05) is 37.6 Å². The Hall–Kier alpha value is -1.99. The summed E-state index contributed by atoms with van der Waals surface area (Å²) >= 11 is 3.45. The second-order valence-electron chi connectivity index (χ2n) is 6.39. The average Bonchev–Trinajstić information content (AvgIpc) is 2.68. The molecule has 1 saturated heterocycles. The molecule has 3 rings (SSSR count). The molecule has 26 heavy (non-hydrogen) atoms. The molecule has 1 aromatic carbocycles. The van der Waals surface area contributed by atoms with Gasteiger partial charge in [0.15, 0.2) is 0 Å². The minimum absolute atomic E-state index is 0.0506. The normalized spacial score (nSPS) is 16.3. The van der Waals surface area contributed by atoms with Crippen molar-refractivity contribution < 1.29 is 4.79 Å². The van der Waals surface area contributed by atoms with Gasteiger partial charge in [0.2, 0.25) is 11.9 Å². The van der Waals surface area contributed by atoms with E-state index in [1.807, 2.05) is 18.2 Å². The minimum Gasteiger partial charge on any atom is -0.348 e. The second kappa shape index (κ2) is 9.09. The van der Waals surface area contributed by atoms with E-state index < -0.39 is 0 Å². The van der Waals surface area contributed by atoms with E-state index in [-0.39, 0.29) is 11.9 Å². The lowest BCUT2D eigenvalue weighted by atomic mass is 10.0. The standard InChI is InChI=1S/C19H24BrN5O/c1-2-17(15-4-6-16(20)7-5-15)23-18(26)14-24-10-12-25(13-11-24)19-21-8-3-9-22-19/h3-9,17H,2,10-14H2,1H3,(H,23,26)/t17-/m1/s1. The van der Waals surface area contributed by atoms with Crippen LogP contribution in [0.3, 0.4) is 0 Å². The van der Waals surface area contributed by atoms with Crippen molar-refractivity contribution in [3.05, 3.63) is 52.8 Å². The summed E-state index contributed by atoms with van der Waals surface area (Å²) in [5, 5.41) is 3.16. The number of halogens is 1. The predicted octanol–water partition coefficient (Wildman–Crippen LogP) is 2.63. The van der Waals surface area contributed by atoms with Gasteiger partial charge in [0.05, 0.1) is 12.6 Å². The summed E-state index contributed by atoms with van der Waals surface area (Å²) in [6, 6.07) is 9.99. The van der Waals surface area contributed by atoms with E-state index in [4.69, 9.17) is 0 Å². The fraction of sp³-hybridized carbons (Fsp3) is 0.421. The number of piperazine rings is 1. The summed E-state index contributed by atoms with van der Waals surface area (Å²) < 4.78 is 1.04. The van der Waals surface area contributed by atoms with Crippen LogP contribution < -0.4 is 10.2 Å². The van der Waals surface area contributed by atoms with Crippen molar-refractivity contribution >= 4 is 27.8 Å². The Morgan fingerprint density at radius 3 is 2.42 bits per heavy atom. The van der Waals surface area contributed by atoms with Gasteiger partial charge in [-0.25, -0.2) is 9.97 Å². The molecule has 1 aromatic heterocycles. The molecule has 0 radical (unpaired) electrons. The zero-order valence-electron chi connectivity index (χ0n) is 14.9. The van der Waals surface area contributed by atoms with Crippen LogP contribution in [0.4, 0.5) is 5.95 Å². The van der Waals surface area contributed by atoms with E-state index in [0.717, 1.165) is 48.6 Å². The Labute approximate surface area is 162 Å². The predicted molar refractivity (Wildman–Crippen MR) is 106 cm³/mol. The number of hydrogen-bond donors (Lipinski definition) is 1. The number of hydrogen-bond acceptors (Lipinski definition) is 5. The molecule has 6 nitrogen and oxygen atoms in total. The van der Waals surface area contributed by atoms with Crippen LogP contribution >= 0.6 is 15.9 Å². The monoisotopic (exact) mass is 417 g/mol. The fourth-order valence-electron chi connectivity index (χ4n) is 3.12. The molecule has 1 amide bonds. The van der Waals surface area contributed by atoms with Crippen LogP contribution in [0.15, 0.2) is 47.2 Å². The minimum atomic E-state index is 0.0506. The molecule has 7 heteroatoms. The zero-order chi connectivity index (χ0) is 18.4. The van der Waals surface area contributed by atoms with Gasteiger partial charge in [0.25, 0.3) is 0 Å². The third-order valence-corrected chi connectivity index (χ3v) is 5.12. The number of aromatic nitrogens is 2. The molecule has 1 aliphatic rings. The molecule has 1 atom stereocenters. The number of carbonyl (C=O) groups excluding carboxylic acids is 1. The van der Waals surface area contributed by atoms with Crippen molar-refractivity contribution in [2.24, 2.45) is 0 Å². The van der Waals surface area contributed by atoms with E-state index in [1.165, 1.54) is 0 Å². The topological polar surface area (TPSA) is 61.4 Å². The van der Waals surface area contributed by atoms with E-state index in [1.54, 1.807) is 12.4 Å². The van der Waals surface area contributed by atoms with Gasteiger partial charge in [-0.05, 0) is 30.2 Å². The van der Waals surface area contributed by atoms with Crippen LogP contribution in [0, 0.1) is 0 Å². The highest BCUT2D eigenvalue weighted by atomic mass is 79.9. The van der Waals surface area contributed by atoms with E-state index in [2.05, 4.69) is 60.1 Å². The first-order chi connectivity index (χ1) is 12.7. The number of nitrogens with one attached hydrogen (secondary N) is 1. The lowest BCUT2D eigenvalue weighted by Gasteiger charge is -2.34. The largest absolute Gasteiger partial charge is 0.348 e. The molecule has 0 unspecified atom stereocenters. The Kier molecular flexibility index (Phi) is 6.57. The zero-order valence-corrected chi connectivity index (χ0v) is 16.5. The van der Waals surface area contributed by atoms with Crippen molar-refractivity contribution in [1.82, 2.24) is 20.2 Å². The van der Waals surface area contributed by atoms with Crippen LogP contribution in [0.2, 0.25) is 0 Å². The van der Waals surface area contributed by atoms with Gasteiger partial charge in [-0.15, -0.1) is 0 Å². The quantitative estimate of drug-likeness (QED) is 0.782. The molecular formula is C19H24BrN5O. The lowest BCUT2D eigenvalue weighted by molar-refractivity contribution is -0.123. The maximum atomic E-state index is 12.5. The highest BCUT2D eigenvalue weighted by Gasteiger charge is 2.21. The number of rotatable bonds is 6. The van der Waals surface area contributed by atoms with Gasteiger partial charge in [0, 0.05) is 43.0 Å². The molecule has 0 aliphatic carbocycles. The molecule has 1 N–H and O–H groups in total. The molecule has 2 heterocycles. The fourth-order valence-corrected chi connectivity index (χ4v) is 3.38. The van der Waals surface area contributed by atoms with E-state index >= 15 is 0 Å². The van der Waals surface area contributed by atoms with Gasteiger partial charge in [-0.2, -0.15) is 0 Å². The Bertz CT molecular complexity index is 702. The average molecular weight is 418 g/mol. The van der Waals surface area contributed by atoms with E-state index in [9.17, 15) is 4.79 Å². The Morgan fingerprint density at radius 2 is 1.81 bits per heavy atom. The molecule has 0 spiro atoms. The summed E-state index contributed by atoms with van der Waals surface area (Å²) in [4.78, 5) is 25.4. The van der Waals surface area contributed by atoms with Crippen LogP contribution in [0.5, 0.6) is 0 Å². The van der Waals surface area contributed by atoms with Crippen LogP contribution in [-0.2, 0) is 4.79 Å². The van der Waals surface area contributed by atoms with Gasteiger partial charge >= 0.3 is 0 Å². The first-order valence-electron chi connectivity index (χ1n) is 8.95. The number of carbonyl (C=O) groups is 1. The molecule has 2 aromatic rings. The van der Waals surface area contributed by atoms with E-state index in [0.29, 0.717) is 6.54 Å². The second-order valence-corrected chi connectivity index (χ2v) is 7.31. The summed E-state index contributed by atoms with van der Waals surface area (Å²) in [5.74, 6) is 0.835. The van der Waals surface area contributed by atoms with Crippen molar-refractivity contribution in [3.8, 4) is 0 Å². The maximum Gasteiger partial charge on any atom is 0.234 e. The van der Waals surface area contributed by atoms with Crippen LogP contribution in [0.25, 0.3) is 0 Å². The van der Waals surface area contributed by atoms with Gasteiger partial charge in [-0.3, -0.25) is 9.69 Å². The highest BCUT2D eigenvalue weighted by molar-refractivity contribution is 9.10. The first-order valence-corrected chi connectivity index (χ1v) is 9.74. The van der Waals surface area contributed by atoms with Crippen molar-refractivity contribution in [3.63, 3.8) is 0 Å². The summed E-state index contributed by atoms with van der Waals surface area (Å²) in [5.41, 5.74) is 1.13. The third kappa shape index (κ3) is 5.02. The third-order valence-electron chi connectivity index (χ3n) is 4.59. The van der Waals surface area contributed by atoms with Crippen LogP contribution in [0.1, 0.15) is 24.9 Å². The smallest absolute Gasteiger partial charge is 0.234 e. The molecule has 1 fully saturated rings. The number of anilines is 1. The SMILES string of the molecule is CC[C@@H](NC(=O)CN1CCN(c2ncccn2)CC1)c1ccc(Br)cc1. The Morgan fingerprint density at radius 1 is 1.15 bits per heavy atom. The maximum absolute atomic E-state index is 12.5. The van der Waals surface area contributed by atoms with Gasteiger partial charge in [-0.1, -0.05) is 35.0 Å². The molecule has 0 saturated carbocycles. The molecular weight excluding hydrogens is 394 g/mol.